The van der Waals surface area contributed by atoms with E-state index in [1.165, 1.54) is 0 Å². The molecule has 130 valence electrons. The fourth-order valence-electron chi connectivity index (χ4n) is 3.26. The molecule has 0 N–H and O–H groups in total. The number of methoxy groups -OCH3 is 2. The summed E-state index contributed by atoms with van der Waals surface area (Å²) in [6.45, 7) is 0.775. The van der Waals surface area contributed by atoms with Gasteiger partial charge in [0.15, 0.2) is 11.5 Å². The number of likely N-dealkylation sites (tertiary alicyclic amines) is 1. The van der Waals surface area contributed by atoms with Gasteiger partial charge in [0.2, 0.25) is 5.91 Å². The summed E-state index contributed by atoms with van der Waals surface area (Å²) in [4.78, 5) is 14.6. The average molecular weight is 337 g/mol. The number of carbonyl (C=O) groups is 1. The lowest BCUT2D eigenvalue weighted by Gasteiger charge is -2.24. The third-order valence-electron chi connectivity index (χ3n) is 4.55. The molecule has 25 heavy (non-hydrogen) atoms. The molecule has 1 amide bonds. The number of carbonyl (C=O) groups excluding carboxylic acids is 1. The SMILES string of the molecule is COc1ccc(C2CCCN2C(=O)/C=C/c2ccccc2)cc1OC. The van der Waals surface area contributed by atoms with E-state index in [1.54, 1.807) is 20.3 Å². The van der Waals surface area contributed by atoms with Crippen LogP contribution in [0.4, 0.5) is 0 Å². The van der Waals surface area contributed by atoms with Gasteiger partial charge in [-0.3, -0.25) is 4.79 Å². The summed E-state index contributed by atoms with van der Waals surface area (Å²) < 4.78 is 10.7. The van der Waals surface area contributed by atoms with Crippen molar-refractivity contribution in [3.63, 3.8) is 0 Å². The van der Waals surface area contributed by atoms with Crippen LogP contribution in [0, 0.1) is 0 Å². The second kappa shape index (κ2) is 7.88. The van der Waals surface area contributed by atoms with E-state index in [0.29, 0.717) is 11.5 Å². The molecule has 4 heteroatoms. The zero-order chi connectivity index (χ0) is 17.6. The van der Waals surface area contributed by atoms with Crippen molar-refractivity contribution >= 4 is 12.0 Å². The fourth-order valence-corrected chi connectivity index (χ4v) is 3.26. The monoisotopic (exact) mass is 337 g/mol. The average Bonchev–Trinajstić information content (AvgIpc) is 3.16. The lowest BCUT2D eigenvalue weighted by molar-refractivity contribution is -0.126. The Balaban J connectivity index is 1.78. The van der Waals surface area contributed by atoms with Gasteiger partial charge >= 0.3 is 0 Å². The van der Waals surface area contributed by atoms with Crippen molar-refractivity contribution in [1.82, 2.24) is 4.90 Å². The first-order valence-electron chi connectivity index (χ1n) is 8.48. The van der Waals surface area contributed by atoms with Crippen molar-refractivity contribution in [1.29, 1.82) is 0 Å². The molecule has 1 saturated heterocycles. The Morgan fingerprint density at radius 1 is 1.08 bits per heavy atom. The number of hydrogen-bond acceptors (Lipinski definition) is 3. The highest BCUT2D eigenvalue weighted by Crippen LogP contribution is 2.37. The highest BCUT2D eigenvalue weighted by atomic mass is 16.5. The summed E-state index contributed by atoms with van der Waals surface area (Å²) in [5, 5.41) is 0. The Kier molecular flexibility index (Phi) is 5.39. The standard InChI is InChI=1S/C21H23NO3/c1-24-19-12-11-17(15-20(19)25-2)18-9-6-14-22(18)21(23)13-10-16-7-4-3-5-8-16/h3-5,7-8,10-13,15,18H,6,9,14H2,1-2H3/b13-10+. The van der Waals surface area contributed by atoms with Crippen molar-refractivity contribution in [3.05, 3.63) is 65.7 Å². The zero-order valence-corrected chi connectivity index (χ0v) is 14.6. The molecule has 4 nitrogen and oxygen atoms in total. The van der Waals surface area contributed by atoms with Crippen LogP contribution in [-0.4, -0.2) is 31.6 Å². The summed E-state index contributed by atoms with van der Waals surface area (Å²) in [6, 6.07) is 15.8. The number of benzene rings is 2. The van der Waals surface area contributed by atoms with E-state index in [9.17, 15) is 4.79 Å². The molecule has 1 unspecified atom stereocenters. The molecule has 1 aliphatic rings. The Morgan fingerprint density at radius 2 is 1.84 bits per heavy atom. The van der Waals surface area contributed by atoms with E-state index in [2.05, 4.69) is 0 Å². The third kappa shape index (κ3) is 3.85. The van der Waals surface area contributed by atoms with E-state index < -0.39 is 0 Å². The molecule has 0 aromatic heterocycles. The molecule has 2 aromatic rings. The van der Waals surface area contributed by atoms with Crippen molar-refractivity contribution in [2.45, 2.75) is 18.9 Å². The summed E-state index contributed by atoms with van der Waals surface area (Å²) in [7, 11) is 3.25. The van der Waals surface area contributed by atoms with Gasteiger partial charge in [-0.05, 0) is 42.2 Å². The molecule has 1 aliphatic heterocycles. The van der Waals surface area contributed by atoms with Crippen LogP contribution in [0.5, 0.6) is 11.5 Å². The molecule has 1 atom stereocenters. The van der Waals surface area contributed by atoms with Crippen LogP contribution in [0.25, 0.3) is 6.08 Å². The highest BCUT2D eigenvalue weighted by Gasteiger charge is 2.29. The first-order chi connectivity index (χ1) is 12.2. The first kappa shape index (κ1) is 17.1. The van der Waals surface area contributed by atoms with Crippen LogP contribution in [0.15, 0.2) is 54.6 Å². The fraction of sp³-hybridized carbons (Fsp3) is 0.286. The van der Waals surface area contributed by atoms with Crippen LogP contribution in [0.1, 0.15) is 30.0 Å². The van der Waals surface area contributed by atoms with Crippen LogP contribution >= 0.6 is 0 Å². The second-order valence-electron chi connectivity index (χ2n) is 6.05. The summed E-state index contributed by atoms with van der Waals surface area (Å²) in [5.41, 5.74) is 2.11. The molecule has 0 spiro atoms. The van der Waals surface area contributed by atoms with E-state index >= 15 is 0 Å². The molecule has 0 radical (unpaired) electrons. The van der Waals surface area contributed by atoms with Crippen LogP contribution in [0.2, 0.25) is 0 Å². The van der Waals surface area contributed by atoms with Gasteiger partial charge < -0.3 is 14.4 Å². The summed E-state index contributed by atoms with van der Waals surface area (Å²) >= 11 is 0. The largest absolute Gasteiger partial charge is 0.493 e. The van der Waals surface area contributed by atoms with Crippen LogP contribution in [-0.2, 0) is 4.79 Å². The molecule has 0 saturated carbocycles. The number of hydrogen-bond donors (Lipinski definition) is 0. The summed E-state index contributed by atoms with van der Waals surface area (Å²) in [5.74, 6) is 1.44. The van der Waals surface area contributed by atoms with Crippen molar-refractivity contribution in [2.75, 3.05) is 20.8 Å². The van der Waals surface area contributed by atoms with E-state index in [1.807, 2.05) is 59.5 Å². The van der Waals surface area contributed by atoms with E-state index in [4.69, 9.17) is 9.47 Å². The lowest BCUT2D eigenvalue weighted by Crippen LogP contribution is -2.28. The van der Waals surface area contributed by atoms with Gasteiger partial charge in [0.25, 0.3) is 0 Å². The molecular weight excluding hydrogens is 314 g/mol. The van der Waals surface area contributed by atoms with Gasteiger partial charge in [0.1, 0.15) is 0 Å². The molecule has 1 fully saturated rings. The van der Waals surface area contributed by atoms with E-state index in [-0.39, 0.29) is 11.9 Å². The quantitative estimate of drug-likeness (QED) is 0.772. The topological polar surface area (TPSA) is 38.8 Å². The lowest BCUT2D eigenvalue weighted by atomic mass is 10.0. The smallest absolute Gasteiger partial charge is 0.247 e. The predicted molar refractivity (Wildman–Crippen MR) is 98.7 cm³/mol. The van der Waals surface area contributed by atoms with E-state index in [0.717, 1.165) is 30.5 Å². The molecule has 3 rings (SSSR count). The van der Waals surface area contributed by atoms with Gasteiger partial charge in [0.05, 0.1) is 20.3 Å². The Labute approximate surface area is 148 Å². The van der Waals surface area contributed by atoms with Gasteiger partial charge in [-0.2, -0.15) is 0 Å². The molecular formula is C21H23NO3. The molecule has 0 bridgehead atoms. The first-order valence-corrected chi connectivity index (χ1v) is 8.48. The Morgan fingerprint density at radius 3 is 2.56 bits per heavy atom. The summed E-state index contributed by atoms with van der Waals surface area (Å²) in [6.07, 6.45) is 5.49. The van der Waals surface area contributed by atoms with Crippen molar-refractivity contribution < 1.29 is 14.3 Å². The van der Waals surface area contributed by atoms with Crippen molar-refractivity contribution in [2.24, 2.45) is 0 Å². The molecule has 2 aromatic carbocycles. The number of rotatable bonds is 5. The third-order valence-corrected chi connectivity index (χ3v) is 4.55. The number of nitrogens with zero attached hydrogens (tertiary/aromatic N) is 1. The molecule has 1 heterocycles. The van der Waals surface area contributed by atoms with Gasteiger partial charge in [-0.15, -0.1) is 0 Å². The second-order valence-corrected chi connectivity index (χ2v) is 6.05. The maximum absolute atomic E-state index is 12.7. The minimum absolute atomic E-state index is 0.0427. The van der Waals surface area contributed by atoms with Gasteiger partial charge in [-0.25, -0.2) is 0 Å². The van der Waals surface area contributed by atoms with Crippen LogP contribution < -0.4 is 9.47 Å². The number of amides is 1. The number of ether oxygens (including phenoxy) is 2. The maximum Gasteiger partial charge on any atom is 0.247 e. The predicted octanol–water partition coefficient (Wildman–Crippen LogP) is 4.08. The van der Waals surface area contributed by atoms with Gasteiger partial charge in [0, 0.05) is 12.6 Å². The van der Waals surface area contributed by atoms with Gasteiger partial charge in [-0.1, -0.05) is 36.4 Å². The molecule has 0 aliphatic carbocycles. The Bertz CT molecular complexity index is 755. The normalized spacial score (nSPS) is 17.0. The van der Waals surface area contributed by atoms with Crippen molar-refractivity contribution in [3.8, 4) is 11.5 Å². The highest BCUT2D eigenvalue weighted by molar-refractivity contribution is 5.92. The Hall–Kier alpha value is -2.75. The van der Waals surface area contributed by atoms with Crippen LogP contribution in [0.3, 0.4) is 0 Å². The minimum atomic E-state index is 0.0427. The minimum Gasteiger partial charge on any atom is -0.493 e. The zero-order valence-electron chi connectivity index (χ0n) is 14.6. The maximum atomic E-state index is 12.7.